The lowest BCUT2D eigenvalue weighted by molar-refractivity contribution is -0.137. The molecule has 1 amide bonds. The standard InChI is InChI=1S/C20H18F3N3O3/c21-20(22,23)14-3-5-18(24-10-14)26-8-7-15(11-26)25-19(27)6-2-13-1-4-16-17(9-13)29-12-28-16/h1-6,9-10,15H,7-8,11-12H2,(H,25,27)/b6-2+/t15-/m1/s1. The monoisotopic (exact) mass is 405 g/mol. The zero-order valence-corrected chi connectivity index (χ0v) is 15.3. The number of rotatable bonds is 4. The van der Waals surface area contributed by atoms with E-state index in [1.54, 1.807) is 18.2 Å². The van der Waals surface area contributed by atoms with Crippen LogP contribution in [0.15, 0.2) is 42.6 Å². The molecule has 1 atom stereocenters. The van der Waals surface area contributed by atoms with Gasteiger partial charge in [0.15, 0.2) is 11.5 Å². The molecule has 0 bridgehead atoms. The van der Waals surface area contributed by atoms with Crippen molar-refractivity contribution in [1.29, 1.82) is 0 Å². The summed E-state index contributed by atoms with van der Waals surface area (Å²) in [5.74, 6) is 1.54. The number of hydrogen-bond acceptors (Lipinski definition) is 5. The van der Waals surface area contributed by atoms with Crippen molar-refractivity contribution in [2.45, 2.75) is 18.6 Å². The number of ether oxygens (including phenoxy) is 2. The molecule has 3 heterocycles. The fourth-order valence-corrected chi connectivity index (χ4v) is 3.26. The summed E-state index contributed by atoms with van der Waals surface area (Å²) in [5.41, 5.74) is 0.0327. The number of carbonyl (C=O) groups excluding carboxylic acids is 1. The molecule has 0 aliphatic carbocycles. The SMILES string of the molecule is O=C(/C=C/c1ccc2c(c1)OCO2)N[C@@H]1CCN(c2ccc(C(F)(F)F)cn2)C1. The van der Waals surface area contributed by atoms with Gasteiger partial charge in [0.25, 0.3) is 0 Å². The molecule has 1 aromatic carbocycles. The van der Waals surface area contributed by atoms with Crippen LogP contribution in [0.5, 0.6) is 11.5 Å². The maximum Gasteiger partial charge on any atom is 0.417 e. The quantitative estimate of drug-likeness (QED) is 0.792. The van der Waals surface area contributed by atoms with E-state index in [0.717, 1.165) is 17.8 Å². The summed E-state index contributed by atoms with van der Waals surface area (Å²) in [7, 11) is 0. The highest BCUT2D eigenvalue weighted by molar-refractivity contribution is 5.92. The van der Waals surface area contributed by atoms with E-state index in [2.05, 4.69) is 10.3 Å². The Hall–Kier alpha value is -3.23. The number of benzene rings is 1. The van der Waals surface area contributed by atoms with Gasteiger partial charge in [-0.2, -0.15) is 13.2 Å². The third-order valence-electron chi connectivity index (χ3n) is 4.76. The first-order chi connectivity index (χ1) is 13.9. The second-order valence-corrected chi connectivity index (χ2v) is 6.79. The Morgan fingerprint density at radius 3 is 2.79 bits per heavy atom. The number of nitrogens with one attached hydrogen (secondary N) is 1. The van der Waals surface area contributed by atoms with Crippen LogP contribution < -0.4 is 19.7 Å². The van der Waals surface area contributed by atoms with Crippen LogP contribution >= 0.6 is 0 Å². The highest BCUT2D eigenvalue weighted by Crippen LogP contribution is 2.33. The number of halogens is 3. The average Bonchev–Trinajstić information content (AvgIpc) is 3.34. The molecule has 0 saturated carbocycles. The molecule has 29 heavy (non-hydrogen) atoms. The molecule has 1 saturated heterocycles. The van der Waals surface area contributed by atoms with E-state index < -0.39 is 11.7 Å². The summed E-state index contributed by atoms with van der Waals surface area (Å²) < 4.78 is 48.5. The highest BCUT2D eigenvalue weighted by atomic mass is 19.4. The first kappa shape index (κ1) is 19.1. The number of alkyl halides is 3. The van der Waals surface area contributed by atoms with Crippen molar-refractivity contribution < 1.29 is 27.4 Å². The maximum atomic E-state index is 12.6. The number of hydrogen-bond donors (Lipinski definition) is 1. The molecular weight excluding hydrogens is 387 g/mol. The minimum absolute atomic E-state index is 0.104. The van der Waals surface area contributed by atoms with E-state index in [9.17, 15) is 18.0 Å². The molecule has 1 N–H and O–H groups in total. The van der Waals surface area contributed by atoms with Crippen LogP contribution in [0, 0.1) is 0 Å². The zero-order valence-electron chi connectivity index (χ0n) is 15.3. The van der Waals surface area contributed by atoms with E-state index in [1.807, 2.05) is 11.0 Å². The topological polar surface area (TPSA) is 63.7 Å². The summed E-state index contributed by atoms with van der Waals surface area (Å²) in [4.78, 5) is 17.9. The maximum absolute atomic E-state index is 12.6. The van der Waals surface area contributed by atoms with Crippen LogP contribution in [0.25, 0.3) is 6.08 Å². The Labute approximate surface area is 164 Å². The molecule has 1 aromatic heterocycles. The van der Waals surface area contributed by atoms with Crippen molar-refractivity contribution >= 4 is 17.8 Å². The summed E-state index contributed by atoms with van der Waals surface area (Å²) in [6.07, 6.45) is 0.233. The first-order valence-electron chi connectivity index (χ1n) is 9.05. The van der Waals surface area contributed by atoms with Crippen LogP contribution in [0.3, 0.4) is 0 Å². The Balaban J connectivity index is 1.31. The lowest BCUT2D eigenvalue weighted by Gasteiger charge is -2.18. The number of anilines is 1. The summed E-state index contributed by atoms with van der Waals surface area (Å²) in [5, 5.41) is 2.91. The molecule has 0 unspecified atom stereocenters. The van der Waals surface area contributed by atoms with E-state index >= 15 is 0 Å². The normalized spacial score (nSPS) is 18.4. The molecule has 2 aliphatic rings. The van der Waals surface area contributed by atoms with Crippen LogP contribution in [0.1, 0.15) is 17.5 Å². The third kappa shape index (κ3) is 4.44. The van der Waals surface area contributed by atoms with Gasteiger partial charge in [0.05, 0.1) is 5.56 Å². The second-order valence-electron chi connectivity index (χ2n) is 6.79. The number of amides is 1. The Morgan fingerprint density at radius 1 is 1.21 bits per heavy atom. The fraction of sp³-hybridized carbons (Fsp3) is 0.300. The minimum atomic E-state index is -4.41. The first-order valence-corrected chi connectivity index (χ1v) is 9.05. The van der Waals surface area contributed by atoms with Crippen molar-refractivity contribution in [3.05, 3.63) is 53.7 Å². The Kier molecular flexibility index (Phi) is 5.04. The van der Waals surface area contributed by atoms with Gasteiger partial charge in [0, 0.05) is 31.4 Å². The molecule has 2 aliphatic heterocycles. The lowest BCUT2D eigenvalue weighted by atomic mass is 10.2. The molecule has 0 radical (unpaired) electrons. The number of aromatic nitrogens is 1. The largest absolute Gasteiger partial charge is 0.454 e. The van der Waals surface area contributed by atoms with Gasteiger partial charge in [-0.3, -0.25) is 4.79 Å². The van der Waals surface area contributed by atoms with Gasteiger partial charge >= 0.3 is 6.18 Å². The number of nitrogens with zero attached hydrogens (tertiary/aromatic N) is 2. The minimum Gasteiger partial charge on any atom is -0.454 e. The fourth-order valence-electron chi connectivity index (χ4n) is 3.26. The molecule has 152 valence electrons. The van der Waals surface area contributed by atoms with Crippen LogP contribution in [-0.4, -0.2) is 36.8 Å². The molecule has 0 spiro atoms. The van der Waals surface area contributed by atoms with Crippen LogP contribution in [0.4, 0.5) is 19.0 Å². The van der Waals surface area contributed by atoms with Crippen molar-refractivity contribution in [1.82, 2.24) is 10.3 Å². The van der Waals surface area contributed by atoms with Gasteiger partial charge in [-0.15, -0.1) is 0 Å². The lowest BCUT2D eigenvalue weighted by Crippen LogP contribution is -2.36. The van der Waals surface area contributed by atoms with Crippen molar-refractivity contribution in [2.75, 3.05) is 24.8 Å². The van der Waals surface area contributed by atoms with Gasteiger partial charge in [0.1, 0.15) is 5.82 Å². The Bertz CT molecular complexity index is 929. The Morgan fingerprint density at radius 2 is 2.03 bits per heavy atom. The van der Waals surface area contributed by atoms with Gasteiger partial charge in [-0.25, -0.2) is 4.98 Å². The summed E-state index contributed by atoms with van der Waals surface area (Å²) >= 11 is 0. The van der Waals surface area contributed by atoms with Crippen molar-refractivity contribution in [2.24, 2.45) is 0 Å². The van der Waals surface area contributed by atoms with E-state index in [1.165, 1.54) is 12.1 Å². The number of carbonyl (C=O) groups is 1. The van der Waals surface area contributed by atoms with Crippen LogP contribution in [-0.2, 0) is 11.0 Å². The second kappa shape index (κ2) is 7.65. The predicted octanol–water partition coefficient (Wildman–Crippen LogP) is 3.24. The summed E-state index contributed by atoms with van der Waals surface area (Å²) in [6, 6.07) is 7.67. The third-order valence-corrected chi connectivity index (χ3v) is 4.76. The van der Waals surface area contributed by atoms with Gasteiger partial charge in [-0.05, 0) is 42.3 Å². The van der Waals surface area contributed by atoms with Gasteiger partial charge in [-0.1, -0.05) is 6.07 Å². The predicted molar refractivity (Wildman–Crippen MR) is 99.6 cm³/mol. The van der Waals surface area contributed by atoms with Crippen LogP contribution in [0.2, 0.25) is 0 Å². The number of pyridine rings is 1. The van der Waals surface area contributed by atoms with Gasteiger partial charge in [0.2, 0.25) is 12.7 Å². The van der Waals surface area contributed by atoms with E-state index in [0.29, 0.717) is 36.8 Å². The van der Waals surface area contributed by atoms with Crippen molar-refractivity contribution in [3.8, 4) is 11.5 Å². The zero-order chi connectivity index (χ0) is 20.4. The average molecular weight is 405 g/mol. The molecule has 1 fully saturated rings. The van der Waals surface area contributed by atoms with E-state index in [4.69, 9.17) is 9.47 Å². The molecule has 2 aromatic rings. The molecular formula is C20H18F3N3O3. The highest BCUT2D eigenvalue weighted by Gasteiger charge is 2.31. The smallest absolute Gasteiger partial charge is 0.417 e. The molecule has 6 nitrogen and oxygen atoms in total. The molecule has 4 rings (SSSR count). The van der Waals surface area contributed by atoms with Crippen molar-refractivity contribution in [3.63, 3.8) is 0 Å². The molecule has 9 heteroatoms. The van der Waals surface area contributed by atoms with E-state index in [-0.39, 0.29) is 18.7 Å². The van der Waals surface area contributed by atoms with Gasteiger partial charge < -0.3 is 19.7 Å². The summed E-state index contributed by atoms with van der Waals surface area (Å²) in [6.45, 7) is 1.28. The number of fused-ring (bicyclic) bond motifs is 1.